The van der Waals surface area contributed by atoms with E-state index in [2.05, 4.69) is 62.7 Å². The van der Waals surface area contributed by atoms with Crippen molar-refractivity contribution in [2.24, 2.45) is 17.0 Å². The third-order valence-electron chi connectivity index (χ3n) is 11.9. The average molecular weight is 853 g/mol. The van der Waals surface area contributed by atoms with Gasteiger partial charge in [0, 0.05) is 59.9 Å². The zero-order chi connectivity index (χ0) is 36.3. The van der Waals surface area contributed by atoms with Gasteiger partial charge in [-0.2, -0.15) is 0 Å². The normalized spacial score (nSPS) is 24.8. The lowest BCUT2D eigenvalue weighted by Crippen LogP contribution is -2.53. The van der Waals surface area contributed by atoms with E-state index in [4.69, 9.17) is 26.2 Å². The van der Waals surface area contributed by atoms with E-state index in [-0.39, 0.29) is 23.3 Å². The van der Waals surface area contributed by atoms with Crippen LogP contribution < -0.4 is 14.8 Å². The summed E-state index contributed by atoms with van der Waals surface area (Å²) in [6.07, 6.45) is 11.6. The number of hydrogen-bond acceptors (Lipinski definition) is 7. The van der Waals surface area contributed by atoms with Crippen molar-refractivity contribution >= 4 is 55.8 Å². The van der Waals surface area contributed by atoms with E-state index in [1.807, 2.05) is 37.1 Å². The molecule has 1 unspecified atom stereocenters. The second-order valence-electron chi connectivity index (χ2n) is 15.4. The predicted octanol–water partition coefficient (Wildman–Crippen LogP) is 6.40. The highest BCUT2D eigenvalue weighted by molar-refractivity contribution is 14.1. The smallest absolute Gasteiger partial charge is 0.243 e. The number of likely N-dealkylation sites (tertiary alicyclic amines) is 1. The molecular formula is C39H54ClIN4O5S. The summed E-state index contributed by atoms with van der Waals surface area (Å²) in [6, 6.07) is 12.5. The standard InChI is InChI=1S/C39H54ClIN4O5S/c1-27(28(2)51(42,47)48)7-4-10-35(38(46)43(3)23-29-15-19-49-20-16-29)45-18-6-9-33(45)24-44-25-39(26-50-37-14-12-32(41)22-36(37)44)17-5-8-30-21-31(40)11-13-34(30)39/h4,10-14,21-22,27-29,33,35H,5-9,15-20,23-26H2,1-3H3,(H2,42,47,48)/b10-4+/t27-,28+,33-,35?,39-/m0/s1. The van der Waals surface area contributed by atoms with Crippen LogP contribution in [-0.2, 0) is 31.4 Å². The molecular weight excluding hydrogens is 799 g/mol. The van der Waals surface area contributed by atoms with Crippen LogP contribution in [0.15, 0.2) is 48.6 Å². The Balaban J connectivity index is 1.29. The summed E-state index contributed by atoms with van der Waals surface area (Å²) >= 11 is 8.87. The number of nitrogens with zero attached hydrogens (tertiary/aromatic N) is 3. The van der Waals surface area contributed by atoms with E-state index in [0.29, 0.717) is 25.5 Å². The Labute approximate surface area is 323 Å². The number of nitrogens with two attached hydrogens (primary N) is 1. The molecule has 2 saturated heterocycles. The van der Waals surface area contributed by atoms with Crippen molar-refractivity contribution in [1.82, 2.24) is 9.80 Å². The van der Waals surface area contributed by atoms with Crippen molar-refractivity contribution in [2.75, 3.05) is 57.9 Å². The van der Waals surface area contributed by atoms with Crippen LogP contribution in [0, 0.1) is 15.4 Å². The molecule has 1 aliphatic carbocycles. The minimum Gasteiger partial charge on any atom is -0.490 e. The van der Waals surface area contributed by atoms with Gasteiger partial charge in [-0.25, -0.2) is 13.6 Å². The fourth-order valence-corrected chi connectivity index (χ4v) is 10.1. The van der Waals surface area contributed by atoms with Crippen molar-refractivity contribution in [2.45, 2.75) is 88.0 Å². The first-order chi connectivity index (χ1) is 24.3. The van der Waals surface area contributed by atoms with Gasteiger partial charge in [0.05, 0.1) is 17.5 Å². The van der Waals surface area contributed by atoms with Crippen molar-refractivity contribution < 1.29 is 22.7 Å². The van der Waals surface area contributed by atoms with Crippen molar-refractivity contribution in [1.29, 1.82) is 0 Å². The lowest BCUT2D eigenvalue weighted by atomic mass is 9.70. The number of sulfonamides is 1. The second-order valence-corrected chi connectivity index (χ2v) is 19.0. The molecule has 3 aliphatic heterocycles. The molecule has 2 N–H and O–H groups in total. The van der Waals surface area contributed by atoms with Gasteiger partial charge in [0.15, 0.2) is 0 Å². The number of amides is 1. The molecule has 0 radical (unpaired) electrons. The van der Waals surface area contributed by atoms with E-state index >= 15 is 0 Å². The van der Waals surface area contributed by atoms with Gasteiger partial charge in [-0.3, -0.25) is 9.69 Å². The third-order valence-corrected chi connectivity index (χ3v) is 14.3. The number of primary sulfonamides is 1. The van der Waals surface area contributed by atoms with Crippen LogP contribution in [0.25, 0.3) is 0 Å². The molecule has 5 atom stereocenters. The van der Waals surface area contributed by atoms with Gasteiger partial charge in [0.1, 0.15) is 11.8 Å². The molecule has 3 heterocycles. The maximum atomic E-state index is 14.5. The molecule has 51 heavy (non-hydrogen) atoms. The van der Waals surface area contributed by atoms with Crippen LogP contribution in [0.4, 0.5) is 5.69 Å². The van der Waals surface area contributed by atoms with E-state index in [1.165, 1.54) is 11.1 Å². The molecule has 6 rings (SSSR count). The third kappa shape index (κ3) is 9.08. The predicted molar refractivity (Wildman–Crippen MR) is 213 cm³/mol. The van der Waals surface area contributed by atoms with Crippen LogP contribution in [0.3, 0.4) is 0 Å². The number of fused-ring (bicyclic) bond motifs is 3. The average Bonchev–Trinajstić information content (AvgIpc) is 3.50. The fourth-order valence-electron chi connectivity index (χ4n) is 8.67. The van der Waals surface area contributed by atoms with Crippen LogP contribution >= 0.6 is 34.2 Å². The maximum absolute atomic E-state index is 14.5. The highest BCUT2D eigenvalue weighted by Crippen LogP contribution is 2.45. The van der Waals surface area contributed by atoms with E-state index in [0.717, 1.165) is 97.8 Å². The largest absolute Gasteiger partial charge is 0.490 e. The first-order valence-corrected chi connectivity index (χ1v) is 21.6. The summed E-state index contributed by atoms with van der Waals surface area (Å²) in [4.78, 5) is 21.3. The number of rotatable bonds is 11. The number of anilines is 1. The Bertz CT molecular complexity index is 1690. The zero-order valence-electron chi connectivity index (χ0n) is 30.2. The highest BCUT2D eigenvalue weighted by atomic mass is 127. The van der Waals surface area contributed by atoms with Crippen LogP contribution in [0.5, 0.6) is 5.75 Å². The monoisotopic (exact) mass is 852 g/mol. The SMILES string of the molecule is C[C@H]([C@@H](C)C/C=C/C(C(=O)N(C)CC1CCOCC1)N1CCC[C@H]1CN1C[C@@]2(CCCc3cc(Cl)ccc32)COc2ccc(I)cc21)S(N)(=O)=O. The van der Waals surface area contributed by atoms with Crippen molar-refractivity contribution in [3.05, 3.63) is 68.3 Å². The second kappa shape index (κ2) is 16.6. The van der Waals surface area contributed by atoms with Gasteiger partial charge in [-0.05, 0) is 141 Å². The number of allylic oxidation sites excluding steroid dienone is 1. The number of ether oxygens (including phenoxy) is 2. The lowest BCUT2D eigenvalue weighted by Gasteiger charge is -2.42. The molecule has 1 spiro atoms. The van der Waals surface area contributed by atoms with E-state index in [9.17, 15) is 13.2 Å². The Morgan fingerprint density at radius 3 is 2.71 bits per heavy atom. The molecule has 12 heteroatoms. The summed E-state index contributed by atoms with van der Waals surface area (Å²) in [5, 5.41) is 5.59. The molecule has 0 saturated carbocycles. The maximum Gasteiger partial charge on any atom is 0.243 e. The number of aryl methyl sites for hydroxylation is 1. The Hall–Kier alpha value is -1.90. The summed E-state index contributed by atoms with van der Waals surface area (Å²) in [5.41, 5.74) is 3.58. The topological polar surface area (TPSA) is 105 Å². The summed E-state index contributed by atoms with van der Waals surface area (Å²) in [7, 11) is -1.73. The minimum absolute atomic E-state index is 0.0838. The molecule has 280 valence electrons. The summed E-state index contributed by atoms with van der Waals surface area (Å²) < 4.78 is 37.6. The zero-order valence-corrected chi connectivity index (χ0v) is 34.0. The number of benzene rings is 2. The molecule has 2 aromatic rings. The number of carbonyl (C=O) groups excluding carboxylic acids is 1. The number of carbonyl (C=O) groups is 1. The van der Waals surface area contributed by atoms with Crippen molar-refractivity contribution in [3.63, 3.8) is 0 Å². The Morgan fingerprint density at radius 2 is 1.94 bits per heavy atom. The quantitative estimate of drug-likeness (QED) is 0.206. The van der Waals surface area contributed by atoms with Gasteiger partial charge in [-0.15, -0.1) is 0 Å². The number of hydrogen-bond donors (Lipinski definition) is 1. The number of likely N-dealkylation sites (N-methyl/N-ethyl adjacent to an activating group) is 1. The Morgan fingerprint density at radius 1 is 1.16 bits per heavy atom. The first kappa shape index (κ1) is 38.8. The van der Waals surface area contributed by atoms with Crippen molar-refractivity contribution in [3.8, 4) is 5.75 Å². The summed E-state index contributed by atoms with van der Waals surface area (Å²) in [6.45, 7) is 8.75. The van der Waals surface area contributed by atoms with Crippen LogP contribution in [0.2, 0.25) is 5.02 Å². The van der Waals surface area contributed by atoms with Gasteiger partial charge in [0.2, 0.25) is 15.9 Å². The molecule has 4 aliphatic rings. The van der Waals surface area contributed by atoms with Gasteiger partial charge in [-0.1, -0.05) is 36.7 Å². The van der Waals surface area contributed by atoms with E-state index in [1.54, 1.807) is 6.92 Å². The van der Waals surface area contributed by atoms with Crippen LogP contribution in [0.1, 0.15) is 69.9 Å². The van der Waals surface area contributed by atoms with Crippen LogP contribution in [-0.4, -0.2) is 94.5 Å². The van der Waals surface area contributed by atoms with Gasteiger partial charge >= 0.3 is 0 Å². The van der Waals surface area contributed by atoms with Gasteiger partial charge < -0.3 is 19.3 Å². The first-order valence-electron chi connectivity index (χ1n) is 18.6. The Kier molecular flexibility index (Phi) is 12.7. The lowest BCUT2D eigenvalue weighted by molar-refractivity contribution is -0.135. The highest BCUT2D eigenvalue weighted by Gasteiger charge is 2.44. The minimum atomic E-state index is -3.66. The summed E-state index contributed by atoms with van der Waals surface area (Å²) in [5.74, 6) is 1.23. The molecule has 9 nitrogen and oxygen atoms in total. The molecule has 2 aromatic carbocycles. The number of halogens is 2. The molecule has 2 fully saturated rings. The molecule has 0 bridgehead atoms. The molecule has 1 amide bonds. The fraction of sp³-hybridized carbons (Fsp3) is 0.615. The van der Waals surface area contributed by atoms with E-state index < -0.39 is 21.3 Å². The molecule has 0 aromatic heterocycles. The van der Waals surface area contributed by atoms with Gasteiger partial charge in [0.25, 0.3) is 0 Å².